The second-order valence-corrected chi connectivity index (χ2v) is 24.5. The largest absolute Gasteiger partial charge is 0.292 e. The molecule has 0 spiro atoms. The molecule has 0 saturated heterocycles. The Morgan fingerprint density at radius 3 is 0.486 bits per heavy atom. The Kier molecular flexibility index (Phi) is 21.7. The Labute approximate surface area is 455 Å². The van der Waals surface area contributed by atoms with Crippen molar-refractivity contribution in [2.24, 2.45) is 39.9 Å². The predicted octanol–water partition coefficient (Wildman–Crippen LogP) is 14.1. The summed E-state index contributed by atoms with van der Waals surface area (Å²) in [6.45, 7) is 31.8. The van der Waals surface area contributed by atoms with Crippen molar-refractivity contribution >= 4 is 100 Å². The minimum absolute atomic E-state index is 0.0581. The van der Waals surface area contributed by atoms with Crippen molar-refractivity contribution < 1.29 is 0 Å². The van der Waals surface area contributed by atoms with E-state index in [0.29, 0.717) is 52.4 Å². The highest BCUT2D eigenvalue weighted by Gasteiger charge is 2.21. The average Bonchev–Trinajstić information content (AvgIpc) is 3.29. The van der Waals surface area contributed by atoms with Gasteiger partial charge in [-0.05, 0) is 118 Å². The van der Waals surface area contributed by atoms with E-state index in [-0.39, 0.29) is 21.7 Å². The zero-order valence-corrected chi connectivity index (χ0v) is 48.7. The lowest BCUT2D eigenvalue weighted by Crippen LogP contribution is -2.13. The molecule has 1 heterocycles. The van der Waals surface area contributed by atoms with Gasteiger partial charge >= 0.3 is 0 Å². The molecule has 0 amide bonds. The van der Waals surface area contributed by atoms with Gasteiger partial charge < -0.3 is 0 Å². The lowest BCUT2D eigenvalue weighted by Gasteiger charge is -2.21. The molecule has 5 rings (SSSR count). The molecule has 12 heteroatoms. The lowest BCUT2D eigenvalue weighted by molar-refractivity contribution is 0.589. The fourth-order valence-corrected chi connectivity index (χ4v) is 8.53. The van der Waals surface area contributed by atoms with E-state index in [9.17, 15) is 0 Å². The van der Waals surface area contributed by atoms with Crippen LogP contribution in [-0.2, 0) is 21.7 Å². The molecule has 4 aromatic carbocycles. The maximum atomic E-state index is 4.97. The maximum Gasteiger partial charge on any atom is 0.0407 e. The van der Waals surface area contributed by atoms with Crippen LogP contribution in [-0.4, -0.2) is 102 Å². The third-order valence-corrected chi connectivity index (χ3v) is 14.3. The smallest absolute Gasteiger partial charge is 0.0407 e. The first-order valence-corrected chi connectivity index (χ1v) is 27.2. The Bertz CT molecular complexity index is 2220. The van der Waals surface area contributed by atoms with Crippen LogP contribution in [0.2, 0.25) is 0 Å². The zero-order chi connectivity index (χ0) is 52.7. The van der Waals surface area contributed by atoms with Crippen LogP contribution in [0.1, 0.15) is 176 Å². The Balaban J connectivity index is 1.41. The minimum Gasteiger partial charge on any atom is -0.292 e. The molecule has 8 nitrogen and oxygen atoms in total. The predicted molar refractivity (Wildman–Crippen MR) is 328 cm³/mol. The summed E-state index contributed by atoms with van der Waals surface area (Å²) in [5.74, 6) is 0. The lowest BCUT2D eigenvalue weighted by atomic mass is 9.85. The molecule has 0 N–H and O–H groups in total. The van der Waals surface area contributed by atoms with E-state index < -0.39 is 0 Å². The number of nitrogens with zero attached hydrogens (tertiary/aromatic N) is 8. The van der Waals surface area contributed by atoms with Crippen LogP contribution in [0.25, 0.3) is 0 Å². The molecule has 0 fully saturated rings. The number of fused-ring (bicyclic) bond motifs is 8. The van der Waals surface area contributed by atoms with Crippen LogP contribution in [0.15, 0.2) is 108 Å². The van der Waals surface area contributed by atoms with Crippen LogP contribution in [0, 0.1) is 0 Å². The molecule has 384 valence electrons. The summed E-state index contributed by atoms with van der Waals surface area (Å²) in [6, 6.07) is 17.5. The van der Waals surface area contributed by atoms with Crippen LogP contribution in [0.3, 0.4) is 0 Å². The number of benzene rings is 4. The molecule has 0 unspecified atom stereocenters. The van der Waals surface area contributed by atoms with Gasteiger partial charge in [0.2, 0.25) is 0 Å². The Hall–Kier alpha value is -4.36. The summed E-state index contributed by atoms with van der Waals surface area (Å²) in [4.78, 5) is 42.1. The number of thiol groups is 4. The summed E-state index contributed by atoms with van der Waals surface area (Å²) < 4.78 is 0. The van der Waals surface area contributed by atoms with E-state index in [1.54, 1.807) is 0 Å². The maximum absolute atomic E-state index is 4.97. The SMILES string of the molecule is CC(C)(C)c1cc2c(S)c(c1)C=NCCCN=Cc1cc(C(C)(C)C)cc(c1S)C=NCCCN=Cc1cc(C(C)(C)C)cc(c1S)C=NCCCN=Cc1cc(C(C)(C)C)cc(c1S)C=NCCCN=C2. The summed E-state index contributed by atoms with van der Waals surface area (Å²) in [5.41, 5.74) is 12.5. The molecule has 1 aliphatic rings. The van der Waals surface area contributed by atoms with Crippen molar-refractivity contribution in [1.29, 1.82) is 0 Å². The van der Waals surface area contributed by atoms with Gasteiger partial charge in [-0.15, -0.1) is 50.5 Å². The van der Waals surface area contributed by atoms with Crippen molar-refractivity contribution in [1.82, 2.24) is 0 Å². The first kappa shape index (κ1) is 58.5. The standard InChI is InChI=1S/C60H80N8S4/c1-57(2,3)49-25-41-33-61-17-13-19-63-35-43-27-50(58(4,5)6)29-45(54(43)70)37-65-21-15-23-67-39-47-31-52(60(10,11)12)32-48(56(47)72)40-68-24-16-22-66-38-46-30-51(59(7,8)9)28-44(55(46)71)36-64-20-14-18-62-34-42(26-49)53(41)69/h25-40,69-72H,13-24H2,1-12H3. The van der Waals surface area contributed by atoms with Gasteiger partial charge in [-0.25, -0.2) is 0 Å². The summed E-state index contributed by atoms with van der Waals surface area (Å²) in [6.07, 6.45) is 18.8. The molecule has 0 aliphatic carbocycles. The first-order chi connectivity index (χ1) is 33.9. The second-order valence-electron chi connectivity index (χ2n) is 22.7. The van der Waals surface area contributed by atoms with Crippen LogP contribution < -0.4 is 0 Å². The van der Waals surface area contributed by atoms with E-state index in [1.165, 1.54) is 22.3 Å². The normalized spacial score (nSPS) is 15.8. The summed E-state index contributed by atoms with van der Waals surface area (Å²) in [7, 11) is 0. The quantitative estimate of drug-likeness (QED) is 0.126. The van der Waals surface area contributed by atoms with Gasteiger partial charge in [-0.2, -0.15) is 0 Å². The zero-order valence-electron chi connectivity index (χ0n) is 45.1. The third kappa shape index (κ3) is 17.9. The molecule has 0 atom stereocenters. The number of rotatable bonds is 0. The van der Waals surface area contributed by atoms with Crippen molar-refractivity contribution in [3.8, 4) is 0 Å². The molecule has 4 aromatic rings. The molecule has 0 radical (unpaired) electrons. The van der Waals surface area contributed by atoms with Gasteiger partial charge in [0.1, 0.15) is 0 Å². The minimum atomic E-state index is -0.0581. The molecule has 72 heavy (non-hydrogen) atoms. The van der Waals surface area contributed by atoms with Crippen molar-refractivity contribution in [2.45, 2.75) is 150 Å². The molecule has 0 saturated carbocycles. The Morgan fingerprint density at radius 1 is 0.250 bits per heavy atom. The van der Waals surface area contributed by atoms with E-state index >= 15 is 0 Å². The monoisotopic (exact) mass is 1040 g/mol. The van der Waals surface area contributed by atoms with Gasteiger partial charge in [-0.1, -0.05) is 83.1 Å². The van der Waals surface area contributed by atoms with Gasteiger partial charge in [0.15, 0.2) is 0 Å². The highest BCUT2D eigenvalue weighted by molar-refractivity contribution is 7.81. The first-order valence-electron chi connectivity index (χ1n) is 25.4. The summed E-state index contributed by atoms with van der Waals surface area (Å²) in [5, 5.41) is 0. The topological polar surface area (TPSA) is 98.9 Å². The molecule has 1 aliphatic heterocycles. The van der Waals surface area contributed by atoms with Gasteiger partial charge in [0, 0.05) is 166 Å². The van der Waals surface area contributed by atoms with Gasteiger partial charge in [0.25, 0.3) is 0 Å². The number of aliphatic imine (C=N–C) groups is 8. The molecular weight excluding hydrogens is 961 g/mol. The van der Waals surface area contributed by atoms with Crippen molar-refractivity contribution in [3.63, 3.8) is 0 Å². The van der Waals surface area contributed by atoms with Crippen LogP contribution in [0.5, 0.6) is 0 Å². The van der Waals surface area contributed by atoms with E-state index in [1.807, 2.05) is 49.7 Å². The van der Waals surface area contributed by atoms with Crippen LogP contribution >= 0.6 is 50.5 Å². The van der Waals surface area contributed by atoms with Crippen LogP contribution in [0.4, 0.5) is 0 Å². The van der Waals surface area contributed by atoms with E-state index in [4.69, 9.17) is 90.5 Å². The third-order valence-electron chi connectivity index (χ3n) is 12.3. The summed E-state index contributed by atoms with van der Waals surface area (Å²) >= 11 is 19.9. The highest BCUT2D eigenvalue weighted by atomic mass is 32.1. The van der Waals surface area contributed by atoms with Gasteiger partial charge in [0.05, 0.1) is 0 Å². The molecule has 8 bridgehead atoms. The average molecular weight is 1040 g/mol. The molecular formula is C60H80N8S4. The highest BCUT2D eigenvalue weighted by Crippen LogP contribution is 2.32. The fraction of sp³-hybridized carbons (Fsp3) is 0.467. The Morgan fingerprint density at radius 2 is 0.375 bits per heavy atom. The van der Waals surface area contributed by atoms with E-state index in [2.05, 4.69) is 132 Å². The van der Waals surface area contributed by atoms with Crippen molar-refractivity contribution in [2.75, 3.05) is 52.4 Å². The van der Waals surface area contributed by atoms with Crippen molar-refractivity contribution in [3.05, 3.63) is 115 Å². The fourth-order valence-electron chi connectivity index (χ4n) is 7.56. The van der Waals surface area contributed by atoms with Gasteiger partial charge in [-0.3, -0.25) is 39.9 Å². The second kappa shape index (κ2) is 26.7. The number of hydrogen-bond acceptors (Lipinski definition) is 12. The van der Waals surface area contributed by atoms with E-state index in [0.717, 1.165) is 89.8 Å². The molecule has 0 aromatic heterocycles. The number of hydrogen-bond donors (Lipinski definition) is 4.